The third-order valence-electron chi connectivity index (χ3n) is 3.97. The number of carbonyl (C=O) groups excluding carboxylic acids is 3. The Morgan fingerprint density at radius 2 is 1.59 bits per heavy atom. The number of alkyl halides is 6. The Morgan fingerprint density at radius 3 is 2.25 bits per heavy atom. The number of rotatable bonds is 5. The number of benzene rings is 1. The Morgan fingerprint density at radius 1 is 0.938 bits per heavy atom. The number of Topliss-reactive ketones (excluding diaryl/α,β-unsaturated/α-hetero) is 1. The summed E-state index contributed by atoms with van der Waals surface area (Å²) in [6.45, 7) is -0.256. The zero-order chi connectivity index (χ0) is 23.7. The molecule has 0 aliphatic carbocycles. The molecule has 0 saturated carbocycles. The lowest BCUT2D eigenvalue weighted by Crippen LogP contribution is -2.51. The van der Waals surface area contributed by atoms with Gasteiger partial charge in [-0.2, -0.15) is 31.2 Å². The fraction of sp³-hybridized carbons (Fsp3) is 0.158. The number of hydrogen-bond acceptors (Lipinski definition) is 5. The number of fused-ring (bicyclic) bond motifs is 1. The van der Waals surface area contributed by atoms with Gasteiger partial charge in [-0.25, -0.2) is 4.79 Å². The van der Waals surface area contributed by atoms with Crippen LogP contribution in [0, 0.1) is 0 Å². The molecule has 3 aromatic rings. The number of carbonyl (C=O) groups is 3. The molecule has 0 spiro atoms. The van der Waals surface area contributed by atoms with E-state index in [2.05, 4.69) is 10.2 Å². The topological polar surface area (TPSA) is 76.4 Å². The summed E-state index contributed by atoms with van der Waals surface area (Å²) < 4.78 is 75.8. The number of pyridine rings is 1. The molecule has 0 fully saturated rings. The number of amides is 1. The van der Waals surface area contributed by atoms with Gasteiger partial charge in [0.15, 0.2) is 0 Å². The summed E-state index contributed by atoms with van der Waals surface area (Å²) >= 11 is 0.347. The molecular weight excluding hydrogens is 466 g/mol. The fourth-order valence-corrected chi connectivity index (χ4v) is 3.45. The lowest BCUT2D eigenvalue weighted by atomic mass is 10.1. The molecular formula is C19H11F6N2O4S+. The highest BCUT2D eigenvalue weighted by Gasteiger charge is 2.45. The molecule has 168 valence electrons. The first kappa shape index (κ1) is 23.2. The van der Waals surface area contributed by atoms with Crippen molar-refractivity contribution in [2.45, 2.75) is 18.9 Å². The van der Waals surface area contributed by atoms with Gasteiger partial charge in [0.25, 0.3) is 17.2 Å². The minimum absolute atomic E-state index is 0.147. The molecule has 32 heavy (non-hydrogen) atoms. The number of halogens is 6. The second-order valence-electron chi connectivity index (χ2n) is 6.28. The van der Waals surface area contributed by atoms with Crippen LogP contribution in [0.15, 0.2) is 48.7 Å². The van der Waals surface area contributed by atoms with Crippen molar-refractivity contribution >= 4 is 39.9 Å². The number of nitrogens with one attached hydrogen (secondary N) is 1. The van der Waals surface area contributed by atoms with Gasteiger partial charge in [-0.1, -0.05) is 12.1 Å². The predicted molar refractivity (Wildman–Crippen MR) is 97.7 cm³/mol. The highest BCUT2D eigenvalue weighted by Crippen LogP contribution is 2.26. The van der Waals surface area contributed by atoms with Gasteiger partial charge < -0.3 is 5.32 Å². The molecule has 6 nitrogen and oxygen atoms in total. The van der Waals surface area contributed by atoms with E-state index in [1.54, 1.807) is 6.07 Å². The van der Waals surface area contributed by atoms with E-state index < -0.39 is 34.9 Å². The van der Waals surface area contributed by atoms with E-state index in [4.69, 9.17) is 0 Å². The smallest absolute Gasteiger partial charge is 0.347 e. The molecule has 0 aliphatic heterocycles. The monoisotopic (exact) mass is 477 g/mol. The van der Waals surface area contributed by atoms with Crippen molar-refractivity contribution in [3.63, 3.8) is 0 Å². The first-order valence-corrected chi connectivity index (χ1v) is 9.40. The largest absolute Gasteiger partial charge is 0.498 e. The number of ketones is 1. The van der Waals surface area contributed by atoms with E-state index >= 15 is 0 Å². The minimum Gasteiger partial charge on any atom is -0.347 e. The molecule has 1 N–H and O–H groups in total. The van der Waals surface area contributed by atoms with Crippen molar-refractivity contribution in [2.75, 3.05) is 0 Å². The van der Waals surface area contributed by atoms with Crippen molar-refractivity contribution in [3.05, 3.63) is 64.0 Å². The highest BCUT2D eigenvalue weighted by molar-refractivity contribution is 7.16. The van der Waals surface area contributed by atoms with Crippen molar-refractivity contribution < 1.29 is 50.3 Å². The van der Waals surface area contributed by atoms with Gasteiger partial charge in [0.2, 0.25) is 6.20 Å². The summed E-state index contributed by atoms with van der Waals surface area (Å²) in [5.74, 6) is -5.33. The van der Waals surface area contributed by atoms with Crippen LogP contribution in [0.5, 0.6) is 0 Å². The summed E-state index contributed by atoms with van der Waals surface area (Å²) in [5, 5.41) is 2.78. The molecule has 1 aromatic carbocycles. The van der Waals surface area contributed by atoms with Gasteiger partial charge in [0.1, 0.15) is 0 Å². The standard InChI is InChI=1S/C19H10F6N2O4S/c20-18(21,22)15(28)13-5-6-14(32-13)16(29)26-8-10-7-11-3-1-2-4-12(11)27(9-10)31-17(30)19(23,24)25/h1-7,9H,8H2/p+1. The second kappa shape index (κ2) is 8.57. The molecule has 0 unspecified atom stereocenters. The average Bonchev–Trinajstić information content (AvgIpc) is 3.20. The van der Waals surface area contributed by atoms with Crippen molar-refractivity contribution in [1.82, 2.24) is 5.32 Å². The number of nitrogens with zero attached hydrogens (tertiary/aromatic N) is 1. The molecule has 0 radical (unpaired) electrons. The van der Waals surface area contributed by atoms with Crippen LogP contribution < -0.4 is 14.9 Å². The second-order valence-corrected chi connectivity index (χ2v) is 7.37. The molecule has 0 bridgehead atoms. The number of aromatic nitrogens is 1. The first-order valence-electron chi connectivity index (χ1n) is 8.58. The van der Waals surface area contributed by atoms with Crippen LogP contribution in [-0.4, -0.2) is 30.0 Å². The maximum Gasteiger partial charge on any atom is 0.498 e. The molecule has 2 heterocycles. The van der Waals surface area contributed by atoms with Crippen LogP contribution in [0.3, 0.4) is 0 Å². The van der Waals surface area contributed by atoms with Crippen LogP contribution in [0.2, 0.25) is 0 Å². The van der Waals surface area contributed by atoms with Gasteiger partial charge in [-0.3, -0.25) is 9.59 Å². The number of thiophene rings is 1. The normalized spacial score (nSPS) is 11.9. The van der Waals surface area contributed by atoms with Gasteiger partial charge >= 0.3 is 18.3 Å². The Bertz CT molecular complexity index is 1200. The van der Waals surface area contributed by atoms with Gasteiger partial charge in [-0.05, 0) is 24.3 Å². The Labute approximate surface area is 179 Å². The van der Waals surface area contributed by atoms with E-state index in [-0.39, 0.29) is 22.5 Å². The highest BCUT2D eigenvalue weighted by atomic mass is 32.1. The maximum atomic E-state index is 12.6. The fourth-order valence-electron chi connectivity index (χ4n) is 2.57. The van der Waals surface area contributed by atoms with E-state index in [0.717, 1.165) is 18.3 Å². The Balaban J connectivity index is 1.79. The third-order valence-corrected chi connectivity index (χ3v) is 5.06. The summed E-state index contributed by atoms with van der Waals surface area (Å²) in [6, 6.07) is 9.48. The van der Waals surface area contributed by atoms with Crippen molar-refractivity contribution in [1.29, 1.82) is 0 Å². The van der Waals surface area contributed by atoms with Crippen LogP contribution in [0.25, 0.3) is 10.9 Å². The molecule has 3 rings (SSSR count). The van der Waals surface area contributed by atoms with E-state index in [1.807, 2.05) is 0 Å². The van der Waals surface area contributed by atoms with Crippen LogP contribution >= 0.6 is 11.3 Å². The third kappa shape index (κ3) is 5.22. The molecule has 2 aromatic heterocycles. The summed E-state index contributed by atoms with van der Waals surface area (Å²) in [5.41, 5.74) is 0.379. The van der Waals surface area contributed by atoms with E-state index in [1.165, 1.54) is 24.3 Å². The molecule has 0 atom stereocenters. The van der Waals surface area contributed by atoms with Gasteiger partial charge in [0.05, 0.1) is 15.1 Å². The first-order chi connectivity index (χ1) is 14.9. The molecule has 13 heteroatoms. The Hall–Kier alpha value is -3.48. The zero-order valence-electron chi connectivity index (χ0n) is 15.6. The van der Waals surface area contributed by atoms with Crippen molar-refractivity contribution in [3.8, 4) is 0 Å². The summed E-state index contributed by atoms with van der Waals surface area (Å²) in [7, 11) is 0. The minimum atomic E-state index is -5.23. The summed E-state index contributed by atoms with van der Waals surface area (Å²) in [4.78, 5) is 38.2. The quantitative estimate of drug-likeness (QED) is 0.347. The molecule has 1 amide bonds. The molecule has 0 aliphatic rings. The van der Waals surface area contributed by atoms with Crippen LogP contribution in [0.4, 0.5) is 26.3 Å². The van der Waals surface area contributed by atoms with E-state index in [9.17, 15) is 40.7 Å². The zero-order valence-corrected chi connectivity index (χ0v) is 16.4. The van der Waals surface area contributed by atoms with E-state index in [0.29, 0.717) is 21.5 Å². The average molecular weight is 477 g/mol. The van der Waals surface area contributed by atoms with Gasteiger partial charge in [0, 0.05) is 22.9 Å². The predicted octanol–water partition coefficient (Wildman–Crippen LogP) is 3.38. The Kier molecular flexibility index (Phi) is 6.21. The van der Waals surface area contributed by atoms with Gasteiger partial charge in [-0.15, -0.1) is 11.3 Å². The number of hydrogen-bond donors (Lipinski definition) is 1. The summed E-state index contributed by atoms with van der Waals surface area (Å²) in [6.07, 6.45) is -9.26. The van der Waals surface area contributed by atoms with Crippen LogP contribution in [0.1, 0.15) is 24.9 Å². The number of para-hydroxylation sites is 1. The van der Waals surface area contributed by atoms with Crippen molar-refractivity contribution in [2.24, 2.45) is 0 Å². The van der Waals surface area contributed by atoms with Crippen LogP contribution in [-0.2, 0) is 11.3 Å². The molecule has 0 saturated heterocycles. The SMILES string of the molecule is O=C(NCc1cc2ccccc2[n+](OC(=O)C(F)(F)F)c1)c1ccc(C(=O)C(F)(F)F)s1. The lowest BCUT2D eigenvalue weighted by molar-refractivity contribution is -0.850. The maximum absolute atomic E-state index is 12.6. The lowest BCUT2D eigenvalue weighted by Gasteiger charge is -2.06.